The zero-order valence-electron chi connectivity index (χ0n) is 13.6. The molecule has 1 unspecified atom stereocenters. The predicted octanol–water partition coefficient (Wildman–Crippen LogP) is 2.53. The monoisotopic (exact) mass is 302 g/mol. The second-order valence-corrected chi connectivity index (χ2v) is 6.67. The number of carbonyl (C=O) groups is 1. The number of nitrogens with one attached hydrogen (secondary N) is 1. The highest BCUT2D eigenvalue weighted by Gasteiger charge is 2.24. The Bertz CT molecular complexity index is 536. The van der Waals surface area contributed by atoms with E-state index in [1.54, 1.807) is 0 Å². The third-order valence-electron chi connectivity index (χ3n) is 4.92. The average molecular weight is 302 g/mol. The summed E-state index contributed by atoms with van der Waals surface area (Å²) in [6, 6.07) is 6.62. The fraction of sp³-hybridized carbons (Fsp3) is 0.611. The first-order valence-corrected chi connectivity index (χ1v) is 8.35. The lowest BCUT2D eigenvalue weighted by atomic mass is 10.0. The van der Waals surface area contributed by atoms with Gasteiger partial charge in [-0.2, -0.15) is 0 Å². The Morgan fingerprint density at radius 2 is 2.14 bits per heavy atom. The van der Waals surface area contributed by atoms with Crippen molar-refractivity contribution < 1.29 is 9.53 Å². The van der Waals surface area contributed by atoms with Gasteiger partial charge in [0.15, 0.2) is 0 Å². The molecule has 0 aromatic heterocycles. The number of amides is 1. The van der Waals surface area contributed by atoms with Crippen LogP contribution in [0.25, 0.3) is 0 Å². The Hall–Kier alpha value is -1.55. The van der Waals surface area contributed by atoms with Crippen LogP contribution in [0.1, 0.15) is 42.9 Å². The van der Waals surface area contributed by atoms with Gasteiger partial charge >= 0.3 is 0 Å². The molecule has 1 aliphatic carbocycles. The van der Waals surface area contributed by atoms with Crippen LogP contribution in [0.3, 0.4) is 0 Å². The molecule has 22 heavy (non-hydrogen) atoms. The Balaban J connectivity index is 1.66. The maximum absolute atomic E-state index is 12.2. The summed E-state index contributed by atoms with van der Waals surface area (Å²) in [7, 11) is 4.13. The van der Waals surface area contributed by atoms with Crippen LogP contribution in [0, 0.1) is 5.92 Å². The Kier molecular flexibility index (Phi) is 4.67. The highest BCUT2D eigenvalue weighted by atomic mass is 16.5. The van der Waals surface area contributed by atoms with Crippen LogP contribution in [0.5, 0.6) is 5.75 Å². The van der Waals surface area contributed by atoms with Crippen molar-refractivity contribution in [2.45, 2.75) is 38.1 Å². The molecule has 1 amide bonds. The maximum Gasteiger partial charge on any atom is 0.223 e. The summed E-state index contributed by atoms with van der Waals surface area (Å²) in [6.45, 7) is 1.45. The van der Waals surface area contributed by atoms with Crippen LogP contribution < -0.4 is 10.1 Å². The summed E-state index contributed by atoms with van der Waals surface area (Å²) in [5.41, 5.74) is 2.53. The Labute approximate surface area is 132 Å². The van der Waals surface area contributed by atoms with E-state index in [1.165, 1.54) is 24.0 Å². The van der Waals surface area contributed by atoms with Gasteiger partial charge in [-0.3, -0.25) is 4.79 Å². The Morgan fingerprint density at radius 3 is 2.86 bits per heavy atom. The van der Waals surface area contributed by atoms with Gasteiger partial charge in [0.25, 0.3) is 0 Å². The number of benzene rings is 1. The van der Waals surface area contributed by atoms with E-state index in [0.29, 0.717) is 6.54 Å². The molecule has 1 heterocycles. The molecule has 120 valence electrons. The SMILES string of the molecule is CN(C)C(CNC(=O)C1CCCC1)c1ccc2c(c1)CCO2. The van der Waals surface area contributed by atoms with E-state index in [2.05, 4.69) is 42.5 Å². The summed E-state index contributed by atoms with van der Waals surface area (Å²) in [4.78, 5) is 14.4. The quantitative estimate of drug-likeness (QED) is 0.909. The summed E-state index contributed by atoms with van der Waals surface area (Å²) < 4.78 is 5.58. The van der Waals surface area contributed by atoms with Crippen molar-refractivity contribution in [1.82, 2.24) is 10.2 Å². The van der Waals surface area contributed by atoms with Crippen molar-refractivity contribution in [1.29, 1.82) is 0 Å². The number of fused-ring (bicyclic) bond motifs is 1. The molecule has 1 atom stereocenters. The fourth-order valence-electron chi connectivity index (χ4n) is 3.54. The highest BCUT2D eigenvalue weighted by Crippen LogP contribution is 2.30. The molecular weight excluding hydrogens is 276 g/mol. The minimum atomic E-state index is 0.205. The number of likely N-dealkylation sites (N-methyl/N-ethyl adjacent to an activating group) is 1. The number of hydrogen-bond acceptors (Lipinski definition) is 3. The summed E-state index contributed by atoms with van der Waals surface area (Å²) in [5.74, 6) is 1.47. The maximum atomic E-state index is 12.2. The smallest absolute Gasteiger partial charge is 0.223 e. The van der Waals surface area contributed by atoms with E-state index in [1.807, 2.05) is 0 Å². The molecular formula is C18H26N2O2. The van der Waals surface area contributed by atoms with Crippen molar-refractivity contribution in [2.24, 2.45) is 5.92 Å². The Morgan fingerprint density at radius 1 is 1.36 bits per heavy atom. The van der Waals surface area contributed by atoms with Gasteiger partial charge in [-0.15, -0.1) is 0 Å². The van der Waals surface area contributed by atoms with E-state index < -0.39 is 0 Å². The zero-order chi connectivity index (χ0) is 15.5. The largest absolute Gasteiger partial charge is 0.493 e. The number of hydrogen-bond donors (Lipinski definition) is 1. The molecule has 1 aromatic rings. The molecule has 2 aliphatic rings. The minimum Gasteiger partial charge on any atom is -0.493 e. The van der Waals surface area contributed by atoms with E-state index in [0.717, 1.165) is 31.6 Å². The minimum absolute atomic E-state index is 0.205. The molecule has 1 aromatic carbocycles. The van der Waals surface area contributed by atoms with Gasteiger partial charge in [-0.1, -0.05) is 25.0 Å². The normalized spacial score (nSPS) is 19.0. The third-order valence-corrected chi connectivity index (χ3v) is 4.92. The van der Waals surface area contributed by atoms with Crippen LogP contribution in [0.2, 0.25) is 0 Å². The van der Waals surface area contributed by atoms with Crippen molar-refractivity contribution >= 4 is 5.91 Å². The lowest BCUT2D eigenvalue weighted by Crippen LogP contribution is -2.37. The van der Waals surface area contributed by atoms with Crippen LogP contribution >= 0.6 is 0 Å². The van der Waals surface area contributed by atoms with Gasteiger partial charge < -0.3 is 15.0 Å². The molecule has 0 bridgehead atoms. The predicted molar refractivity (Wildman–Crippen MR) is 87.0 cm³/mol. The molecule has 1 aliphatic heterocycles. The zero-order valence-corrected chi connectivity index (χ0v) is 13.6. The molecule has 0 saturated heterocycles. The topological polar surface area (TPSA) is 41.6 Å². The second-order valence-electron chi connectivity index (χ2n) is 6.67. The highest BCUT2D eigenvalue weighted by molar-refractivity contribution is 5.78. The average Bonchev–Trinajstić information content (AvgIpc) is 3.17. The van der Waals surface area contributed by atoms with E-state index in [9.17, 15) is 4.79 Å². The molecule has 4 nitrogen and oxygen atoms in total. The summed E-state index contributed by atoms with van der Waals surface area (Å²) in [6.07, 6.45) is 5.47. The van der Waals surface area contributed by atoms with Gasteiger partial charge in [0.1, 0.15) is 5.75 Å². The third kappa shape index (κ3) is 3.27. The van der Waals surface area contributed by atoms with E-state index in [4.69, 9.17) is 4.74 Å². The molecule has 1 fully saturated rings. The van der Waals surface area contributed by atoms with Gasteiger partial charge in [0.2, 0.25) is 5.91 Å². The fourth-order valence-corrected chi connectivity index (χ4v) is 3.54. The van der Waals surface area contributed by atoms with Crippen LogP contribution in [0.4, 0.5) is 0 Å². The van der Waals surface area contributed by atoms with Gasteiger partial charge in [0, 0.05) is 18.9 Å². The first-order valence-electron chi connectivity index (χ1n) is 8.35. The number of nitrogens with zero attached hydrogens (tertiary/aromatic N) is 1. The van der Waals surface area contributed by atoms with Gasteiger partial charge in [-0.25, -0.2) is 0 Å². The second kappa shape index (κ2) is 6.69. The van der Waals surface area contributed by atoms with Crippen LogP contribution in [-0.2, 0) is 11.2 Å². The van der Waals surface area contributed by atoms with E-state index >= 15 is 0 Å². The van der Waals surface area contributed by atoms with Crippen molar-refractivity contribution in [3.63, 3.8) is 0 Å². The number of rotatable bonds is 5. The molecule has 3 rings (SSSR count). The summed E-state index contributed by atoms with van der Waals surface area (Å²) in [5, 5.41) is 3.16. The lowest BCUT2D eigenvalue weighted by molar-refractivity contribution is -0.125. The van der Waals surface area contributed by atoms with Gasteiger partial charge in [0.05, 0.1) is 12.6 Å². The van der Waals surface area contributed by atoms with Crippen molar-refractivity contribution in [2.75, 3.05) is 27.2 Å². The first kappa shape index (κ1) is 15.3. The van der Waals surface area contributed by atoms with Crippen molar-refractivity contribution in [3.05, 3.63) is 29.3 Å². The van der Waals surface area contributed by atoms with E-state index in [-0.39, 0.29) is 17.9 Å². The summed E-state index contributed by atoms with van der Waals surface area (Å²) >= 11 is 0. The van der Waals surface area contributed by atoms with Crippen LogP contribution in [0.15, 0.2) is 18.2 Å². The standard InChI is InChI=1S/C18H26N2O2/c1-20(2)16(12-19-18(21)13-5-3-4-6-13)14-7-8-17-15(11-14)9-10-22-17/h7-8,11,13,16H,3-6,9-10,12H2,1-2H3,(H,19,21). The molecule has 4 heteroatoms. The molecule has 0 radical (unpaired) electrons. The van der Waals surface area contributed by atoms with Gasteiger partial charge in [-0.05, 0) is 44.1 Å². The number of ether oxygens (including phenoxy) is 1. The molecule has 1 saturated carbocycles. The first-order chi connectivity index (χ1) is 10.6. The molecule has 0 spiro atoms. The lowest BCUT2D eigenvalue weighted by Gasteiger charge is -2.26. The number of carbonyl (C=O) groups excluding carboxylic acids is 1. The van der Waals surface area contributed by atoms with Crippen LogP contribution in [-0.4, -0.2) is 38.1 Å². The molecule has 1 N–H and O–H groups in total. The van der Waals surface area contributed by atoms with Crippen molar-refractivity contribution in [3.8, 4) is 5.75 Å².